The van der Waals surface area contributed by atoms with Crippen LogP contribution in [0.5, 0.6) is 0 Å². The van der Waals surface area contributed by atoms with Gasteiger partial charge in [-0.3, -0.25) is 9.59 Å². The lowest BCUT2D eigenvalue weighted by atomic mass is 10.2. The third kappa shape index (κ3) is 13.2. The summed E-state index contributed by atoms with van der Waals surface area (Å²) in [6, 6.07) is 0. The number of halogens is 1. The van der Waals surface area contributed by atoms with Crippen LogP contribution in [0, 0.1) is 5.92 Å². The number of ether oxygens (including phenoxy) is 1. The molecule has 18 heavy (non-hydrogen) atoms. The Balaban J connectivity index is 0. The number of nitrogens with one attached hydrogen (secondary N) is 2. The largest absolute Gasteiger partial charge is 0.381 e. The Morgan fingerprint density at radius 2 is 1.89 bits per heavy atom. The van der Waals surface area contributed by atoms with E-state index in [1.165, 1.54) is 0 Å². The molecule has 0 aromatic heterocycles. The van der Waals surface area contributed by atoms with Crippen molar-refractivity contribution in [1.29, 1.82) is 0 Å². The van der Waals surface area contributed by atoms with Crippen molar-refractivity contribution in [3.63, 3.8) is 0 Å². The van der Waals surface area contributed by atoms with Crippen LogP contribution in [-0.2, 0) is 14.3 Å². The van der Waals surface area contributed by atoms with Crippen LogP contribution in [0.2, 0.25) is 0 Å². The lowest BCUT2D eigenvalue weighted by Gasteiger charge is -2.08. The van der Waals surface area contributed by atoms with Crippen LogP contribution in [-0.4, -0.2) is 44.7 Å². The van der Waals surface area contributed by atoms with E-state index in [1.807, 2.05) is 0 Å². The highest BCUT2D eigenvalue weighted by atomic mass is 35.5. The molecule has 0 unspecified atom stereocenters. The highest BCUT2D eigenvalue weighted by Crippen LogP contribution is 1.92. The molecule has 0 spiro atoms. The van der Waals surface area contributed by atoms with Crippen LogP contribution in [0.25, 0.3) is 0 Å². The van der Waals surface area contributed by atoms with Crippen LogP contribution in [0.1, 0.15) is 20.3 Å². The number of amides is 2. The maximum atomic E-state index is 11.2. The Morgan fingerprint density at radius 3 is 2.44 bits per heavy atom. The highest BCUT2D eigenvalue weighted by Gasteiger charge is 2.02. The third-order valence-corrected chi connectivity index (χ3v) is 1.87. The lowest BCUT2D eigenvalue weighted by molar-refractivity contribution is -0.125. The van der Waals surface area contributed by atoms with E-state index in [2.05, 4.69) is 24.5 Å². The summed E-state index contributed by atoms with van der Waals surface area (Å²) in [4.78, 5) is 22.0. The van der Waals surface area contributed by atoms with Gasteiger partial charge in [0.1, 0.15) is 0 Å². The van der Waals surface area contributed by atoms with Crippen molar-refractivity contribution in [3.05, 3.63) is 0 Å². The number of carbonyl (C=O) groups excluding carboxylic acids is 2. The molecule has 0 aliphatic heterocycles. The first-order valence-electron chi connectivity index (χ1n) is 5.87. The van der Waals surface area contributed by atoms with Gasteiger partial charge >= 0.3 is 0 Å². The molecule has 2 amide bonds. The zero-order valence-electron chi connectivity index (χ0n) is 11.0. The molecule has 108 valence electrons. The monoisotopic (exact) mass is 281 g/mol. The molecule has 0 atom stereocenters. The second-order valence-electron chi connectivity index (χ2n) is 4.15. The Morgan fingerprint density at radius 1 is 1.22 bits per heavy atom. The molecule has 6 nitrogen and oxygen atoms in total. The van der Waals surface area contributed by atoms with Crippen molar-refractivity contribution in [2.24, 2.45) is 11.7 Å². The summed E-state index contributed by atoms with van der Waals surface area (Å²) in [5, 5.41) is 5.07. The fraction of sp³-hybridized carbons (Fsp3) is 0.818. The fourth-order valence-electron chi connectivity index (χ4n) is 1.03. The minimum absolute atomic E-state index is 0. The van der Waals surface area contributed by atoms with Crippen molar-refractivity contribution < 1.29 is 14.3 Å². The standard InChI is InChI=1S/C11H23N3O3.ClH/c1-9(2)8-17-5-3-4-13-11(16)7-14-10(15)6-12;/h9H,3-8,12H2,1-2H3,(H,13,16)(H,14,15);1H. The molecular weight excluding hydrogens is 258 g/mol. The summed E-state index contributed by atoms with van der Waals surface area (Å²) in [7, 11) is 0. The van der Waals surface area contributed by atoms with E-state index in [4.69, 9.17) is 10.5 Å². The minimum atomic E-state index is -0.333. The first-order chi connectivity index (χ1) is 8.06. The molecule has 4 N–H and O–H groups in total. The Labute approximate surface area is 114 Å². The summed E-state index contributed by atoms with van der Waals surface area (Å²) >= 11 is 0. The first kappa shape index (κ1) is 19.5. The molecule has 0 aromatic rings. The van der Waals surface area contributed by atoms with Gasteiger partial charge in [-0.1, -0.05) is 13.8 Å². The molecule has 0 heterocycles. The van der Waals surface area contributed by atoms with E-state index in [-0.39, 0.29) is 37.3 Å². The average molecular weight is 282 g/mol. The van der Waals surface area contributed by atoms with E-state index in [9.17, 15) is 9.59 Å². The van der Waals surface area contributed by atoms with Gasteiger partial charge in [-0.05, 0) is 12.3 Å². The molecule has 0 rings (SSSR count). The SMILES string of the molecule is CC(C)COCCCNC(=O)CNC(=O)CN.Cl. The molecule has 0 aromatic carbocycles. The van der Waals surface area contributed by atoms with Gasteiger partial charge in [0.2, 0.25) is 11.8 Å². The molecular formula is C11H24ClN3O3. The van der Waals surface area contributed by atoms with Crippen molar-refractivity contribution in [2.75, 3.05) is 32.8 Å². The van der Waals surface area contributed by atoms with Gasteiger partial charge in [0.05, 0.1) is 13.1 Å². The summed E-state index contributed by atoms with van der Waals surface area (Å²) < 4.78 is 5.35. The molecule has 0 aliphatic rings. The highest BCUT2D eigenvalue weighted by molar-refractivity contribution is 5.85. The van der Waals surface area contributed by atoms with Gasteiger partial charge in [0.25, 0.3) is 0 Å². The van der Waals surface area contributed by atoms with Crippen molar-refractivity contribution in [3.8, 4) is 0 Å². The van der Waals surface area contributed by atoms with Gasteiger partial charge in [-0.25, -0.2) is 0 Å². The average Bonchev–Trinajstić information content (AvgIpc) is 2.30. The van der Waals surface area contributed by atoms with Gasteiger partial charge in [-0.2, -0.15) is 0 Å². The molecule has 7 heteroatoms. The summed E-state index contributed by atoms with van der Waals surface area (Å²) in [6.45, 7) is 5.96. The zero-order chi connectivity index (χ0) is 13.1. The molecule has 0 saturated carbocycles. The second-order valence-corrected chi connectivity index (χ2v) is 4.15. The second kappa shape index (κ2) is 12.6. The number of hydrogen-bond donors (Lipinski definition) is 3. The topological polar surface area (TPSA) is 93.5 Å². The maximum Gasteiger partial charge on any atom is 0.239 e. The smallest absolute Gasteiger partial charge is 0.239 e. The lowest BCUT2D eigenvalue weighted by Crippen LogP contribution is -2.39. The molecule has 0 bridgehead atoms. The van der Waals surface area contributed by atoms with Crippen LogP contribution in [0.15, 0.2) is 0 Å². The number of nitrogens with two attached hydrogens (primary N) is 1. The van der Waals surface area contributed by atoms with Crippen LogP contribution >= 0.6 is 12.4 Å². The van der Waals surface area contributed by atoms with Gasteiger partial charge in [-0.15, -0.1) is 12.4 Å². The van der Waals surface area contributed by atoms with Crippen LogP contribution in [0.3, 0.4) is 0 Å². The summed E-state index contributed by atoms with van der Waals surface area (Å²) in [5.41, 5.74) is 5.08. The van der Waals surface area contributed by atoms with Crippen LogP contribution < -0.4 is 16.4 Å². The van der Waals surface area contributed by atoms with Crippen LogP contribution in [0.4, 0.5) is 0 Å². The zero-order valence-corrected chi connectivity index (χ0v) is 11.8. The maximum absolute atomic E-state index is 11.2. The Kier molecular flexibility index (Phi) is 13.6. The minimum Gasteiger partial charge on any atom is -0.381 e. The molecule has 0 saturated heterocycles. The van der Waals surface area contributed by atoms with Crippen molar-refractivity contribution in [1.82, 2.24) is 10.6 Å². The number of carbonyl (C=O) groups is 2. The van der Waals surface area contributed by atoms with E-state index >= 15 is 0 Å². The van der Waals surface area contributed by atoms with E-state index in [1.54, 1.807) is 0 Å². The quantitative estimate of drug-likeness (QED) is 0.504. The van der Waals surface area contributed by atoms with Gasteiger partial charge in [0.15, 0.2) is 0 Å². The summed E-state index contributed by atoms with van der Waals surface area (Å²) in [5.74, 6) is -0.0212. The summed E-state index contributed by atoms with van der Waals surface area (Å²) in [6.07, 6.45) is 0.767. The number of rotatable bonds is 9. The first-order valence-corrected chi connectivity index (χ1v) is 5.87. The fourth-order valence-corrected chi connectivity index (χ4v) is 1.03. The van der Waals surface area contributed by atoms with E-state index in [0.717, 1.165) is 13.0 Å². The molecule has 0 fully saturated rings. The molecule has 0 aliphatic carbocycles. The molecule has 0 radical (unpaired) electrons. The predicted octanol–water partition coefficient (Wildman–Crippen LogP) is -0.338. The normalized spacial score (nSPS) is 9.78. The van der Waals surface area contributed by atoms with Gasteiger partial charge in [0, 0.05) is 19.8 Å². The Hall–Kier alpha value is -0.850. The van der Waals surface area contributed by atoms with E-state index < -0.39 is 0 Å². The van der Waals surface area contributed by atoms with Crippen molar-refractivity contribution in [2.45, 2.75) is 20.3 Å². The van der Waals surface area contributed by atoms with Crippen molar-refractivity contribution >= 4 is 24.2 Å². The number of hydrogen-bond acceptors (Lipinski definition) is 4. The van der Waals surface area contributed by atoms with E-state index in [0.29, 0.717) is 19.1 Å². The van der Waals surface area contributed by atoms with Gasteiger partial charge < -0.3 is 21.1 Å². The predicted molar refractivity (Wildman–Crippen MR) is 72.6 cm³/mol. The Bertz CT molecular complexity index is 238. The third-order valence-electron chi connectivity index (χ3n) is 1.87.